The van der Waals surface area contributed by atoms with Gasteiger partial charge in [0.2, 0.25) is 0 Å². The maximum absolute atomic E-state index is 13.4. The van der Waals surface area contributed by atoms with Gasteiger partial charge in [0, 0.05) is 23.4 Å². The van der Waals surface area contributed by atoms with Gasteiger partial charge in [-0.3, -0.25) is 10.1 Å². The summed E-state index contributed by atoms with van der Waals surface area (Å²) in [4.78, 5) is 23.9. The minimum atomic E-state index is -0.883. The number of ether oxygens (including phenoxy) is 1. The van der Waals surface area contributed by atoms with E-state index in [2.05, 4.69) is 29.6 Å². The average Bonchev–Trinajstić information content (AvgIpc) is 3.31. The molecule has 2 aromatic carbocycles. The SMILES string of the molecule is CC(C)CCOc1cccc(-n2cc(C3NC(=O)NC3=O)c(-c3ccc(F)cc3)n2)c1. The molecule has 1 fully saturated rings. The van der Waals surface area contributed by atoms with Gasteiger partial charge in [-0.1, -0.05) is 19.9 Å². The van der Waals surface area contributed by atoms with Crippen LogP contribution in [0.15, 0.2) is 54.7 Å². The van der Waals surface area contributed by atoms with Crippen molar-refractivity contribution in [2.45, 2.75) is 26.3 Å². The largest absolute Gasteiger partial charge is 0.494 e. The van der Waals surface area contributed by atoms with Gasteiger partial charge in [-0.2, -0.15) is 5.10 Å². The van der Waals surface area contributed by atoms with Crippen LogP contribution in [0.4, 0.5) is 9.18 Å². The van der Waals surface area contributed by atoms with Crippen molar-refractivity contribution in [1.29, 1.82) is 0 Å². The van der Waals surface area contributed by atoms with E-state index in [-0.39, 0.29) is 5.82 Å². The zero-order valence-electron chi connectivity index (χ0n) is 17.3. The van der Waals surface area contributed by atoms with E-state index >= 15 is 0 Å². The van der Waals surface area contributed by atoms with Gasteiger partial charge >= 0.3 is 6.03 Å². The number of aromatic nitrogens is 2. The molecule has 160 valence electrons. The summed E-state index contributed by atoms with van der Waals surface area (Å²) in [6.07, 6.45) is 2.64. The van der Waals surface area contributed by atoms with Crippen molar-refractivity contribution >= 4 is 11.9 Å². The molecular weight excluding hydrogens is 399 g/mol. The molecular formula is C23H23FN4O3. The second-order valence-electron chi connectivity index (χ2n) is 7.81. The number of amides is 3. The molecule has 3 amide bonds. The molecule has 8 heteroatoms. The summed E-state index contributed by atoms with van der Waals surface area (Å²) in [7, 11) is 0. The number of halogens is 1. The maximum Gasteiger partial charge on any atom is 0.322 e. The minimum absolute atomic E-state index is 0.372. The standard InChI is InChI=1S/C23H23FN4O3/c1-14(2)10-11-31-18-5-3-4-17(12-18)28-13-19(21-22(29)26-23(30)25-21)20(27-28)15-6-8-16(24)9-7-15/h3-9,12-14,21H,10-11H2,1-2H3,(H2,25,26,29,30). The Morgan fingerprint density at radius 3 is 2.61 bits per heavy atom. The smallest absolute Gasteiger partial charge is 0.322 e. The highest BCUT2D eigenvalue weighted by Crippen LogP contribution is 2.30. The summed E-state index contributed by atoms with van der Waals surface area (Å²) >= 11 is 0. The second-order valence-corrected chi connectivity index (χ2v) is 7.81. The molecule has 0 bridgehead atoms. The Labute approximate surface area is 179 Å². The molecule has 0 aliphatic carbocycles. The van der Waals surface area contributed by atoms with Gasteiger partial charge in [0.1, 0.15) is 17.6 Å². The molecule has 1 unspecified atom stereocenters. The van der Waals surface area contributed by atoms with Crippen LogP contribution in [0.2, 0.25) is 0 Å². The van der Waals surface area contributed by atoms with E-state index in [0.29, 0.717) is 35.1 Å². The second kappa shape index (κ2) is 8.59. The Balaban J connectivity index is 1.71. The lowest BCUT2D eigenvalue weighted by molar-refractivity contribution is -0.120. The van der Waals surface area contributed by atoms with E-state index < -0.39 is 18.0 Å². The first-order valence-electron chi connectivity index (χ1n) is 10.1. The molecule has 1 aliphatic rings. The molecule has 3 aromatic rings. The molecule has 4 rings (SSSR count). The molecule has 2 heterocycles. The summed E-state index contributed by atoms with van der Waals surface area (Å²) in [5.74, 6) is 0.426. The van der Waals surface area contributed by atoms with Crippen LogP contribution in [-0.4, -0.2) is 28.3 Å². The summed E-state index contributed by atoms with van der Waals surface area (Å²) in [5, 5.41) is 9.48. The van der Waals surface area contributed by atoms with E-state index in [1.54, 1.807) is 23.0 Å². The number of rotatable bonds is 7. The number of hydrogen-bond acceptors (Lipinski definition) is 4. The molecule has 31 heavy (non-hydrogen) atoms. The van der Waals surface area contributed by atoms with Crippen molar-refractivity contribution in [3.8, 4) is 22.7 Å². The summed E-state index contributed by atoms with van der Waals surface area (Å²) < 4.78 is 20.9. The Morgan fingerprint density at radius 1 is 1.16 bits per heavy atom. The molecule has 2 N–H and O–H groups in total. The van der Waals surface area contributed by atoms with Crippen LogP contribution in [-0.2, 0) is 4.79 Å². The fourth-order valence-electron chi connectivity index (χ4n) is 3.33. The molecule has 1 aromatic heterocycles. The highest BCUT2D eigenvalue weighted by atomic mass is 19.1. The van der Waals surface area contributed by atoms with Crippen molar-refractivity contribution in [2.75, 3.05) is 6.61 Å². The van der Waals surface area contributed by atoms with Crippen LogP contribution in [0.25, 0.3) is 16.9 Å². The average molecular weight is 422 g/mol. The molecule has 1 saturated heterocycles. The first-order chi connectivity index (χ1) is 14.9. The van der Waals surface area contributed by atoms with Crippen LogP contribution in [0.1, 0.15) is 31.9 Å². The number of nitrogens with one attached hydrogen (secondary N) is 2. The van der Waals surface area contributed by atoms with Crippen molar-refractivity contribution in [3.05, 3.63) is 66.1 Å². The Kier molecular flexibility index (Phi) is 5.70. The molecule has 1 aliphatic heterocycles. The van der Waals surface area contributed by atoms with Gasteiger partial charge in [0.15, 0.2) is 0 Å². The number of carbonyl (C=O) groups excluding carboxylic acids is 2. The maximum atomic E-state index is 13.4. The van der Waals surface area contributed by atoms with Crippen molar-refractivity contribution in [2.24, 2.45) is 5.92 Å². The lowest BCUT2D eigenvalue weighted by atomic mass is 10.0. The van der Waals surface area contributed by atoms with Gasteiger partial charge in [0.25, 0.3) is 5.91 Å². The first kappa shape index (κ1) is 20.6. The summed E-state index contributed by atoms with van der Waals surface area (Å²) in [6.45, 7) is 4.89. The normalized spacial score (nSPS) is 15.8. The van der Waals surface area contributed by atoms with Crippen molar-refractivity contribution < 1.29 is 18.7 Å². The third kappa shape index (κ3) is 4.58. The van der Waals surface area contributed by atoms with Gasteiger partial charge in [-0.25, -0.2) is 13.9 Å². The zero-order valence-corrected chi connectivity index (χ0v) is 17.3. The highest BCUT2D eigenvalue weighted by Gasteiger charge is 2.34. The van der Waals surface area contributed by atoms with Crippen LogP contribution >= 0.6 is 0 Å². The predicted octanol–water partition coefficient (Wildman–Crippen LogP) is 3.98. The third-order valence-corrected chi connectivity index (χ3v) is 4.99. The summed E-state index contributed by atoms with van der Waals surface area (Å²) in [6, 6.07) is 11.9. The molecule has 7 nitrogen and oxygen atoms in total. The van der Waals surface area contributed by atoms with Crippen LogP contribution in [0.5, 0.6) is 5.75 Å². The lowest BCUT2D eigenvalue weighted by Crippen LogP contribution is -2.22. The van der Waals surface area contributed by atoms with Gasteiger partial charge in [0.05, 0.1) is 18.0 Å². The number of imide groups is 1. The summed E-state index contributed by atoms with van der Waals surface area (Å²) in [5.41, 5.74) is 2.37. The topological polar surface area (TPSA) is 85.2 Å². The number of benzene rings is 2. The number of carbonyl (C=O) groups is 2. The van der Waals surface area contributed by atoms with E-state index in [4.69, 9.17) is 4.74 Å². The van der Waals surface area contributed by atoms with Gasteiger partial charge in [-0.15, -0.1) is 0 Å². The zero-order chi connectivity index (χ0) is 22.0. The molecule has 0 spiro atoms. The first-order valence-corrected chi connectivity index (χ1v) is 10.1. The fourth-order valence-corrected chi connectivity index (χ4v) is 3.33. The van der Waals surface area contributed by atoms with E-state index in [1.165, 1.54) is 12.1 Å². The van der Waals surface area contributed by atoms with Gasteiger partial charge in [-0.05, 0) is 48.7 Å². The van der Waals surface area contributed by atoms with Crippen molar-refractivity contribution in [3.63, 3.8) is 0 Å². The highest BCUT2D eigenvalue weighted by molar-refractivity contribution is 6.05. The van der Waals surface area contributed by atoms with E-state index in [9.17, 15) is 14.0 Å². The fraction of sp³-hybridized carbons (Fsp3) is 0.261. The third-order valence-electron chi connectivity index (χ3n) is 4.99. The van der Waals surface area contributed by atoms with E-state index in [0.717, 1.165) is 12.1 Å². The quantitative estimate of drug-likeness (QED) is 0.564. The molecule has 1 atom stereocenters. The van der Waals surface area contributed by atoms with Crippen LogP contribution in [0.3, 0.4) is 0 Å². The molecule has 0 saturated carbocycles. The van der Waals surface area contributed by atoms with Crippen molar-refractivity contribution in [1.82, 2.24) is 20.4 Å². The predicted molar refractivity (Wildman–Crippen MR) is 113 cm³/mol. The Morgan fingerprint density at radius 2 is 1.94 bits per heavy atom. The molecule has 0 radical (unpaired) electrons. The monoisotopic (exact) mass is 422 g/mol. The number of nitrogens with zero attached hydrogens (tertiary/aromatic N) is 2. The van der Waals surface area contributed by atoms with Crippen LogP contribution < -0.4 is 15.4 Å². The van der Waals surface area contributed by atoms with E-state index in [1.807, 2.05) is 24.3 Å². The number of hydrogen-bond donors (Lipinski definition) is 2. The lowest BCUT2D eigenvalue weighted by Gasteiger charge is -2.09. The minimum Gasteiger partial charge on any atom is -0.494 e. The van der Waals surface area contributed by atoms with Gasteiger partial charge < -0.3 is 10.1 Å². The number of urea groups is 1. The Hall–Kier alpha value is -3.68. The Bertz CT molecular complexity index is 1110. The van der Waals surface area contributed by atoms with Crippen LogP contribution in [0, 0.1) is 11.7 Å².